The van der Waals surface area contributed by atoms with Crippen molar-refractivity contribution in [2.24, 2.45) is 0 Å². The van der Waals surface area contributed by atoms with Crippen molar-refractivity contribution in [2.75, 3.05) is 25.6 Å². The van der Waals surface area contributed by atoms with Crippen molar-refractivity contribution in [3.8, 4) is 11.3 Å². The van der Waals surface area contributed by atoms with Gasteiger partial charge in [-0.2, -0.15) is 5.10 Å². The van der Waals surface area contributed by atoms with Gasteiger partial charge in [0.15, 0.2) is 0 Å². The van der Waals surface area contributed by atoms with E-state index in [9.17, 15) is 0 Å². The van der Waals surface area contributed by atoms with Gasteiger partial charge in [0.25, 0.3) is 0 Å². The SMILES string of the molecule is COCC(C)Nc1cc(-c2ccoc2C)nn1CCO. The van der Waals surface area contributed by atoms with Crippen LogP contribution in [0.3, 0.4) is 0 Å². The van der Waals surface area contributed by atoms with Crippen molar-refractivity contribution >= 4 is 5.82 Å². The molecule has 1 unspecified atom stereocenters. The van der Waals surface area contributed by atoms with Crippen LogP contribution in [0, 0.1) is 6.92 Å². The van der Waals surface area contributed by atoms with E-state index in [1.807, 2.05) is 26.0 Å². The number of aromatic nitrogens is 2. The Hall–Kier alpha value is -1.79. The second kappa shape index (κ2) is 6.58. The Morgan fingerprint density at radius 2 is 2.35 bits per heavy atom. The number of nitrogens with one attached hydrogen (secondary N) is 1. The van der Waals surface area contributed by atoms with Gasteiger partial charge in [-0.3, -0.25) is 0 Å². The zero-order valence-corrected chi connectivity index (χ0v) is 12.1. The molecule has 0 aromatic carbocycles. The molecule has 0 amide bonds. The number of aliphatic hydroxyl groups is 1. The quantitative estimate of drug-likeness (QED) is 0.809. The molecule has 6 nitrogen and oxygen atoms in total. The lowest BCUT2D eigenvalue weighted by Crippen LogP contribution is -2.23. The molecule has 1 atom stereocenters. The maximum Gasteiger partial charge on any atom is 0.125 e. The van der Waals surface area contributed by atoms with Gasteiger partial charge in [-0.05, 0) is 19.9 Å². The molecule has 110 valence electrons. The third-order valence-electron chi connectivity index (χ3n) is 3.04. The number of aliphatic hydroxyl groups excluding tert-OH is 1. The maximum absolute atomic E-state index is 9.14. The molecule has 2 N–H and O–H groups in total. The van der Waals surface area contributed by atoms with Gasteiger partial charge in [0.1, 0.15) is 11.6 Å². The van der Waals surface area contributed by atoms with E-state index in [4.69, 9.17) is 14.3 Å². The van der Waals surface area contributed by atoms with Crippen molar-refractivity contribution in [3.05, 3.63) is 24.2 Å². The molecule has 20 heavy (non-hydrogen) atoms. The van der Waals surface area contributed by atoms with E-state index in [2.05, 4.69) is 10.4 Å². The first-order chi connectivity index (χ1) is 9.65. The van der Waals surface area contributed by atoms with Gasteiger partial charge in [-0.25, -0.2) is 4.68 Å². The van der Waals surface area contributed by atoms with Crippen molar-refractivity contribution in [3.63, 3.8) is 0 Å². The number of aryl methyl sites for hydroxylation is 1. The van der Waals surface area contributed by atoms with Crippen molar-refractivity contribution in [2.45, 2.75) is 26.4 Å². The van der Waals surface area contributed by atoms with Crippen LogP contribution >= 0.6 is 0 Å². The second-order valence-electron chi connectivity index (χ2n) is 4.75. The standard InChI is InChI=1S/C14H21N3O3/c1-10(9-19-3)15-14-8-13(16-17(14)5-6-18)12-4-7-20-11(12)2/h4,7-8,10,15,18H,5-6,9H2,1-3H3. The highest BCUT2D eigenvalue weighted by atomic mass is 16.5. The van der Waals surface area contributed by atoms with Crippen molar-refractivity contribution in [1.29, 1.82) is 0 Å². The van der Waals surface area contributed by atoms with Crippen LogP contribution in [-0.4, -0.2) is 41.3 Å². The number of hydrogen-bond donors (Lipinski definition) is 2. The lowest BCUT2D eigenvalue weighted by Gasteiger charge is -2.14. The Bertz CT molecular complexity index is 548. The van der Waals surface area contributed by atoms with Gasteiger partial charge in [-0.15, -0.1) is 0 Å². The Morgan fingerprint density at radius 3 is 2.95 bits per heavy atom. The summed E-state index contributed by atoms with van der Waals surface area (Å²) in [6.07, 6.45) is 1.65. The van der Waals surface area contributed by atoms with Gasteiger partial charge >= 0.3 is 0 Å². The average molecular weight is 279 g/mol. The number of rotatable bonds is 7. The molecule has 0 bridgehead atoms. The fourth-order valence-corrected chi connectivity index (χ4v) is 2.12. The number of nitrogens with zero attached hydrogens (tertiary/aromatic N) is 2. The van der Waals surface area contributed by atoms with Gasteiger partial charge in [-0.1, -0.05) is 0 Å². The highest BCUT2D eigenvalue weighted by Crippen LogP contribution is 2.26. The molecule has 0 aliphatic carbocycles. The minimum absolute atomic E-state index is 0.0405. The first-order valence-electron chi connectivity index (χ1n) is 6.64. The van der Waals surface area contributed by atoms with Crippen LogP contribution in [0.15, 0.2) is 22.8 Å². The number of furan rings is 1. The lowest BCUT2D eigenvalue weighted by molar-refractivity contribution is 0.190. The third-order valence-corrected chi connectivity index (χ3v) is 3.04. The summed E-state index contributed by atoms with van der Waals surface area (Å²) in [4.78, 5) is 0. The maximum atomic E-state index is 9.14. The zero-order chi connectivity index (χ0) is 14.5. The molecule has 0 aliphatic heterocycles. The molecule has 0 fully saturated rings. The summed E-state index contributed by atoms with van der Waals surface area (Å²) in [5.74, 6) is 1.69. The van der Waals surface area contributed by atoms with Crippen LogP contribution in [-0.2, 0) is 11.3 Å². The molecule has 0 saturated carbocycles. The lowest BCUT2D eigenvalue weighted by atomic mass is 10.2. The molecule has 6 heteroatoms. The van der Waals surface area contributed by atoms with Gasteiger partial charge in [0.2, 0.25) is 0 Å². The average Bonchev–Trinajstić information content (AvgIpc) is 2.97. The van der Waals surface area contributed by atoms with E-state index in [1.54, 1.807) is 18.1 Å². The Morgan fingerprint density at radius 1 is 1.55 bits per heavy atom. The Kier molecular flexibility index (Phi) is 4.81. The van der Waals surface area contributed by atoms with E-state index >= 15 is 0 Å². The number of anilines is 1. The predicted molar refractivity (Wildman–Crippen MR) is 76.7 cm³/mol. The minimum atomic E-state index is 0.0405. The second-order valence-corrected chi connectivity index (χ2v) is 4.75. The van der Waals surface area contributed by atoms with E-state index < -0.39 is 0 Å². The summed E-state index contributed by atoms with van der Waals surface area (Å²) < 4.78 is 12.2. The van der Waals surface area contributed by atoms with E-state index in [0.717, 1.165) is 22.8 Å². The van der Waals surface area contributed by atoms with Gasteiger partial charge in [0, 0.05) is 24.8 Å². The number of methoxy groups -OCH3 is 1. The predicted octanol–water partition coefficient (Wildman–Crippen LogP) is 1.89. The fraction of sp³-hybridized carbons (Fsp3) is 0.500. The van der Waals surface area contributed by atoms with E-state index in [-0.39, 0.29) is 12.6 Å². The van der Waals surface area contributed by atoms with Gasteiger partial charge in [0.05, 0.1) is 31.7 Å². The van der Waals surface area contributed by atoms with Crippen LogP contribution in [0.25, 0.3) is 11.3 Å². The fourth-order valence-electron chi connectivity index (χ4n) is 2.12. The van der Waals surface area contributed by atoms with Crippen molar-refractivity contribution in [1.82, 2.24) is 9.78 Å². The van der Waals surface area contributed by atoms with Crippen LogP contribution in [0.5, 0.6) is 0 Å². The molecule has 2 aromatic heterocycles. The monoisotopic (exact) mass is 279 g/mol. The van der Waals surface area contributed by atoms with E-state index in [0.29, 0.717) is 13.2 Å². The van der Waals surface area contributed by atoms with Crippen molar-refractivity contribution < 1.29 is 14.3 Å². The number of ether oxygens (including phenoxy) is 1. The summed E-state index contributed by atoms with van der Waals surface area (Å²) in [5.41, 5.74) is 1.79. The van der Waals surface area contributed by atoms with E-state index in [1.165, 1.54) is 0 Å². The summed E-state index contributed by atoms with van der Waals surface area (Å²) in [7, 11) is 1.67. The molecular formula is C14H21N3O3. The molecule has 0 radical (unpaired) electrons. The van der Waals surface area contributed by atoms with Crippen LogP contribution in [0.2, 0.25) is 0 Å². The largest absolute Gasteiger partial charge is 0.469 e. The smallest absolute Gasteiger partial charge is 0.125 e. The molecule has 2 rings (SSSR count). The highest BCUT2D eigenvalue weighted by Gasteiger charge is 2.14. The first-order valence-corrected chi connectivity index (χ1v) is 6.64. The third kappa shape index (κ3) is 3.20. The normalized spacial score (nSPS) is 12.6. The van der Waals surface area contributed by atoms with Crippen LogP contribution in [0.1, 0.15) is 12.7 Å². The summed E-state index contributed by atoms with van der Waals surface area (Å²) in [5, 5.41) is 17.0. The first kappa shape index (κ1) is 14.6. The van der Waals surface area contributed by atoms with Gasteiger partial charge < -0.3 is 19.6 Å². The Balaban J connectivity index is 2.26. The molecule has 2 aromatic rings. The highest BCUT2D eigenvalue weighted by molar-refractivity contribution is 5.64. The molecule has 0 spiro atoms. The summed E-state index contributed by atoms with van der Waals surface area (Å²) in [6, 6.07) is 4.01. The molecule has 0 saturated heterocycles. The minimum Gasteiger partial charge on any atom is -0.469 e. The molecular weight excluding hydrogens is 258 g/mol. The van der Waals surface area contributed by atoms with Crippen LogP contribution in [0.4, 0.5) is 5.82 Å². The summed E-state index contributed by atoms with van der Waals surface area (Å²) in [6.45, 7) is 5.02. The molecule has 2 heterocycles. The molecule has 0 aliphatic rings. The number of hydrogen-bond acceptors (Lipinski definition) is 5. The van der Waals surface area contributed by atoms with Crippen LogP contribution < -0.4 is 5.32 Å². The topological polar surface area (TPSA) is 72.5 Å². The summed E-state index contributed by atoms with van der Waals surface area (Å²) >= 11 is 0. The Labute approximate surface area is 118 Å². The zero-order valence-electron chi connectivity index (χ0n) is 12.1.